The predicted octanol–water partition coefficient (Wildman–Crippen LogP) is 2.65. The Morgan fingerprint density at radius 3 is 2.79 bits per heavy atom. The number of rotatable bonds is 3. The number of aromatic nitrogens is 2. The molecule has 3 rings (SSSR count). The zero-order valence-corrected chi connectivity index (χ0v) is 14.5. The summed E-state index contributed by atoms with van der Waals surface area (Å²) in [5, 5.41) is 4.16. The number of fused-ring (bicyclic) bond motifs is 1. The fourth-order valence-corrected chi connectivity index (χ4v) is 3.11. The quantitative estimate of drug-likeness (QED) is 0.872. The van der Waals surface area contributed by atoms with Crippen molar-refractivity contribution >= 4 is 11.6 Å². The number of benzene rings is 1. The average Bonchev–Trinajstić information content (AvgIpc) is 2.57. The molecule has 0 radical (unpaired) electrons. The van der Waals surface area contributed by atoms with Crippen molar-refractivity contribution in [2.24, 2.45) is 0 Å². The molecule has 2 aromatic rings. The summed E-state index contributed by atoms with van der Waals surface area (Å²) >= 11 is 0. The van der Waals surface area contributed by atoms with Crippen LogP contribution in [0.25, 0.3) is 0 Å². The van der Waals surface area contributed by atoms with Crippen molar-refractivity contribution in [3.8, 4) is 0 Å². The Labute approximate surface area is 141 Å². The monoisotopic (exact) mass is 325 g/mol. The van der Waals surface area contributed by atoms with Crippen molar-refractivity contribution in [3.05, 3.63) is 57.5 Å². The van der Waals surface area contributed by atoms with Crippen molar-refractivity contribution in [3.63, 3.8) is 0 Å². The molecule has 0 atom stereocenters. The number of hydrogen-bond donors (Lipinski definition) is 0. The second-order valence-electron chi connectivity index (χ2n) is 6.66. The zero-order chi connectivity index (χ0) is 17.3. The molecule has 0 unspecified atom stereocenters. The van der Waals surface area contributed by atoms with Crippen LogP contribution in [0.4, 0.5) is 5.69 Å². The van der Waals surface area contributed by atoms with Crippen LogP contribution in [0.1, 0.15) is 43.0 Å². The maximum Gasteiger partial charge on any atom is 0.267 e. The number of anilines is 1. The molecule has 126 valence electrons. The SMILES string of the molecule is Cc1ccc(=O)n(CC(=O)N2CCCc3cc(C(C)C)ccc32)n1. The lowest BCUT2D eigenvalue weighted by Gasteiger charge is -2.30. The third kappa shape index (κ3) is 3.25. The molecule has 24 heavy (non-hydrogen) atoms. The van der Waals surface area contributed by atoms with Gasteiger partial charge in [0.15, 0.2) is 0 Å². The van der Waals surface area contributed by atoms with Crippen molar-refractivity contribution in [1.29, 1.82) is 0 Å². The van der Waals surface area contributed by atoms with E-state index < -0.39 is 0 Å². The maximum absolute atomic E-state index is 12.7. The van der Waals surface area contributed by atoms with Crippen LogP contribution in [-0.2, 0) is 17.8 Å². The minimum absolute atomic E-state index is 0.0219. The van der Waals surface area contributed by atoms with Gasteiger partial charge in [-0.1, -0.05) is 26.0 Å². The first-order valence-electron chi connectivity index (χ1n) is 8.43. The van der Waals surface area contributed by atoms with Gasteiger partial charge in [0.25, 0.3) is 5.56 Å². The molecule has 0 aliphatic carbocycles. The second-order valence-corrected chi connectivity index (χ2v) is 6.66. The minimum Gasteiger partial charge on any atom is -0.311 e. The number of carbonyl (C=O) groups excluding carboxylic acids is 1. The fourth-order valence-electron chi connectivity index (χ4n) is 3.11. The molecule has 0 saturated carbocycles. The average molecular weight is 325 g/mol. The van der Waals surface area contributed by atoms with Crippen LogP contribution in [0, 0.1) is 6.92 Å². The van der Waals surface area contributed by atoms with Gasteiger partial charge in [0.2, 0.25) is 5.91 Å². The largest absolute Gasteiger partial charge is 0.311 e. The fraction of sp³-hybridized carbons (Fsp3) is 0.421. The van der Waals surface area contributed by atoms with Gasteiger partial charge in [0, 0.05) is 18.3 Å². The van der Waals surface area contributed by atoms with Gasteiger partial charge in [-0.15, -0.1) is 0 Å². The predicted molar refractivity (Wildman–Crippen MR) is 94.4 cm³/mol. The van der Waals surface area contributed by atoms with Gasteiger partial charge in [0.05, 0.1) is 5.69 Å². The molecule has 0 saturated heterocycles. The first-order chi connectivity index (χ1) is 11.5. The van der Waals surface area contributed by atoms with Crippen molar-refractivity contribution in [2.75, 3.05) is 11.4 Å². The standard InChI is InChI=1S/C19H23N3O2/c1-13(2)15-7-8-17-16(11-15)5-4-10-21(17)19(24)12-22-18(23)9-6-14(3)20-22/h6-9,11,13H,4-5,10,12H2,1-3H3. The molecule has 1 aromatic heterocycles. The van der Waals surface area contributed by atoms with E-state index in [2.05, 4.69) is 31.1 Å². The maximum atomic E-state index is 12.7. The highest BCUT2D eigenvalue weighted by Gasteiger charge is 2.23. The summed E-state index contributed by atoms with van der Waals surface area (Å²) in [6, 6.07) is 9.44. The van der Waals surface area contributed by atoms with E-state index in [4.69, 9.17) is 0 Å². The van der Waals surface area contributed by atoms with Gasteiger partial charge in [-0.25, -0.2) is 4.68 Å². The van der Waals surface area contributed by atoms with Crippen LogP contribution in [0.5, 0.6) is 0 Å². The van der Waals surface area contributed by atoms with Crippen molar-refractivity contribution in [1.82, 2.24) is 9.78 Å². The third-order valence-electron chi connectivity index (χ3n) is 4.47. The number of aryl methyl sites for hydroxylation is 2. The van der Waals surface area contributed by atoms with Crippen LogP contribution >= 0.6 is 0 Å². The molecule has 5 nitrogen and oxygen atoms in total. The topological polar surface area (TPSA) is 55.2 Å². The summed E-state index contributed by atoms with van der Waals surface area (Å²) in [6.07, 6.45) is 1.93. The smallest absolute Gasteiger partial charge is 0.267 e. The Morgan fingerprint density at radius 2 is 2.04 bits per heavy atom. The van der Waals surface area contributed by atoms with Gasteiger partial charge in [-0.2, -0.15) is 5.10 Å². The van der Waals surface area contributed by atoms with Gasteiger partial charge in [0.1, 0.15) is 6.54 Å². The Bertz CT molecular complexity index is 824. The molecule has 1 aromatic carbocycles. The Kier molecular flexibility index (Phi) is 4.51. The molecule has 0 fully saturated rings. The summed E-state index contributed by atoms with van der Waals surface area (Å²) < 4.78 is 1.24. The van der Waals surface area contributed by atoms with Crippen LogP contribution < -0.4 is 10.5 Å². The van der Waals surface area contributed by atoms with E-state index >= 15 is 0 Å². The Hall–Kier alpha value is -2.43. The number of nitrogens with zero attached hydrogens (tertiary/aromatic N) is 3. The molecular formula is C19H23N3O2. The Morgan fingerprint density at radius 1 is 1.25 bits per heavy atom. The van der Waals surface area contributed by atoms with Crippen LogP contribution in [0.3, 0.4) is 0 Å². The molecular weight excluding hydrogens is 302 g/mol. The third-order valence-corrected chi connectivity index (χ3v) is 4.47. The molecule has 2 heterocycles. The highest BCUT2D eigenvalue weighted by atomic mass is 16.2. The van der Waals surface area contributed by atoms with E-state index in [0.29, 0.717) is 12.5 Å². The van der Waals surface area contributed by atoms with Gasteiger partial charge >= 0.3 is 0 Å². The van der Waals surface area contributed by atoms with Crippen LogP contribution in [0.15, 0.2) is 35.1 Å². The lowest BCUT2D eigenvalue weighted by molar-refractivity contribution is -0.119. The van der Waals surface area contributed by atoms with Crippen LogP contribution in [0.2, 0.25) is 0 Å². The lowest BCUT2D eigenvalue weighted by atomic mass is 9.95. The number of hydrogen-bond acceptors (Lipinski definition) is 3. The minimum atomic E-state index is -0.249. The van der Waals surface area contributed by atoms with E-state index in [-0.39, 0.29) is 18.0 Å². The lowest BCUT2D eigenvalue weighted by Crippen LogP contribution is -2.40. The molecule has 0 N–H and O–H groups in total. The van der Waals surface area contributed by atoms with Crippen molar-refractivity contribution < 1.29 is 4.79 Å². The summed E-state index contributed by atoms with van der Waals surface area (Å²) in [6.45, 7) is 6.82. The first kappa shape index (κ1) is 16.4. The van der Waals surface area contributed by atoms with Crippen LogP contribution in [-0.4, -0.2) is 22.2 Å². The highest BCUT2D eigenvalue weighted by molar-refractivity contribution is 5.94. The second kappa shape index (κ2) is 6.59. The number of amides is 1. The first-order valence-corrected chi connectivity index (χ1v) is 8.43. The van der Waals surface area contributed by atoms with E-state index in [0.717, 1.165) is 24.2 Å². The van der Waals surface area contributed by atoms with Gasteiger partial charge in [-0.3, -0.25) is 9.59 Å². The normalized spacial score (nSPS) is 13.9. The van der Waals surface area contributed by atoms with E-state index in [1.807, 2.05) is 13.0 Å². The molecule has 5 heteroatoms. The summed E-state index contributed by atoms with van der Waals surface area (Å²) in [7, 11) is 0. The van der Waals surface area contributed by atoms with Crippen molar-refractivity contribution in [2.45, 2.75) is 46.1 Å². The molecule has 0 bridgehead atoms. The molecule has 0 spiro atoms. The van der Waals surface area contributed by atoms with E-state index in [1.165, 1.54) is 21.9 Å². The molecule has 1 amide bonds. The number of carbonyl (C=O) groups is 1. The molecule has 1 aliphatic heterocycles. The Balaban J connectivity index is 1.87. The molecule has 1 aliphatic rings. The zero-order valence-electron chi connectivity index (χ0n) is 14.5. The van der Waals surface area contributed by atoms with E-state index in [1.54, 1.807) is 11.0 Å². The summed E-state index contributed by atoms with van der Waals surface area (Å²) in [5.41, 5.74) is 3.95. The van der Waals surface area contributed by atoms with Gasteiger partial charge < -0.3 is 4.90 Å². The summed E-state index contributed by atoms with van der Waals surface area (Å²) in [4.78, 5) is 26.4. The summed E-state index contributed by atoms with van der Waals surface area (Å²) in [5.74, 6) is 0.380. The van der Waals surface area contributed by atoms with Gasteiger partial charge in [-0.05, 0) is 48.9 Å². The highest BCUT2D eigenvalue weighted by Crippen LogP contribution is 2.30. The van der Waals surface area contributed by atoms with E-state index in [9.17, 15) is 9.59 Å².